The lowest BCUT2D eigenvalue weighted by molar-refractivity contribution is -0.132. The molecule has 1 aliphatic heterocycles. The zero-order valence-corrected chi connectivity index (χ0v) is 14.2. The van der Waals surface area contributed by atoms with E-state index in [1.807, 2.05) is 35.2 Å². The summed E-state index contributed by atoms with van der Waals surface area (Å²) in [6, 6.07) is 9.44. The molecule has 1 aliphatic carbocycles. The third-order valence-electron chi connectivity index (χ3n) is 4.99. The van der Waals surface area contributed by atoms with Crippen molar-refractivity contribution in [2.75, 3.05) is 13.1 Å². The molecule has 0 spiro atoms. The van der Waals surface area contributed by atoms with E-state index in [-0.39, 0.29) is 18.0 Å². The third-order valence-corrected chi connectivity index (χ3v) is 4.99. The number of carbonyl (C=O) groups is 2. The van der Waals surface area contributed by atoms with E-state index in [1.165, 1.54) is 12.8 Å². The van der Waals surface area contributed by atoms with Crippen LogP contribution in [0.2, 0.25) is 0 Å². The van der Waals surface area contributed by atoms with Crippen molar-refractivity contribution in [2.45, 2.75) is 57.0 Å². The van der Waals surface area contributed by atoms with E-state index in [4.69, 9.17) is 0 Å². The van der Waals surface area contributed by atoms with Gasteiger partial charge in [0.2, 0.25) is 5.91 Å². The SMILES string of the molecule is O=C(NC1CCCC1)N[C@@H](Cc1ccccc1)C(=O)N1CCCC1. The number of rotatable bonds is 5. The van der Waals surface area contributed by atoms with E-state index in [1.54, 1.807) is 0 Å². The highest BCUT2D eigenvalue weighted by molar-refractivity contribution is 5.87. The summed E-state index contributed by atoms with van der Waals surface area (Å²) in [7, 11) is 0. The second kappa shape index (κ2) is 8.18. The Labute approximate surface area is 143 Å². The number of urea groups is 1. The van der Waals surface area contributed by atoms with Crippen molar-refractivity contribution in [3.05, 3.63) is 35.9 Å². The van der Waals surface area contributed by atoms with Crippen LogP contribution in [0.3, 0.4) is 0 Å². The van der Waals surface area contributed by atoms with Gasteiger partial charge in [-0.15, -0.1) is 0 Å². The first-order chi connectivity index (χ1) is 11.7. The molecule has 3 amide bonds. The molecule has 3 rings (SSSR count). The maximum Gasteiger partial charge on any atom is 0.315 e. The van der Waals surface area contributed by atoms with Crippen LogP contribution in [-0.4, -0.2) is 42.0 Å². The third kappa shape index (κ3) is 4.49. The molecule has 0 radical (unpaired) electrons. The summed E-state index contributed by atoms with van der Waals surface area (Å²) < 4.78 is 0. The van der Waals surface area contributed by atoms with Crippen molar-refractivity contribution in [1.82, 2.24) is 15.5 Å². The molecule has 1 saturated carbocycles. The molecular formula is C19H27N3O2. The molecule has 5 nitrogen and oxygen atoms in total. The van der Waals surface area contributed by atoms with Crippen LogP contribution in [0, 0.1) is 0 Å². The second-order valence-electron chi connectivity index (χ2n) is 6.87. The zero-order valence-electron chi connectivity index (χ0n) is 14.2. The van der Waals surface area contributed by atoms with Crippen molar-refractivity contribution in [3.63, 3.8) is 0 Å². The standard InChI is InChI=1S/C19H27N3O2/c23-18(22-12-6-7-13-22)17(14-15-8-2-1-3-9-15)21-19(24)20-16-10-4-5-11-16/h1-3,8-9,16-17H,4-7,10-14H2,(H2,20,21,24)/t17-/m0/s1. The number of hydrogen-bond donors (Lipinski definition) is 2. The molecule has 1 saturated heterocycles. The van der Waals surface area contributed by atoms with Gasteiger partial charge in [0.15, 0.2) is 0 Å². The quantitative estimate of drug-likeness (QED) is 0.872. The lowest BCUT2D eigenvalue weighted by Gasteiger charge is -2.25. The average molecular weight is 329 g/mol. The van der Waals surface area contributed by atoms with E-state index >= 15 is 0 Å². The van der Waals surface area contributed by atoms with Gasteiger partial charge in [0.1, 0.15) is 6.04 Å². The normalized spacial score (nSPS) is 19.2. The van der Waals surface area contributed by atoms with E-state index < -0.39 is 6.04 Å². The van der Waals surface area contributed by atoms with Gasteiger partial charge in [-0.3, -0.25) is 4.79 Å². The minimum absolute atomic E-state index is 0.0397. The zero-order chi connectivity index (χ0) is 16.8. The maximum atomic E-state index is 12.8. The molecule has 1 heterocycles. The van der Waals surface area contributed by atoms with Crippen LogP contribution < -0.4 is 10.6 Å². The molecule has 0 aromatic heterocycles. The number of carbonyl (C=O) groups excluding carboxylic acids is 2. The largest absolute Gasteiger partial charge is 0.341 e. The van der Waals surface area contributed by atoms with Gasteiger partial charge >= 0.3 is 6.03 Å². The summed E-state index contributed by atoms with van der Waals surface area (Å²) in [5.74, 6) is 0.0397. The fourth-order valence-electron chi connectivity index (χ4n) is 3.66. The Morgan fingerprint density at radius 3 is 2.38 bits per heavy atom. The second-order valence-corrected chi connectivity index (χ2v) is 6.87. The molecular weight excluding hydrogens is 302 g/mol. The van der Waals surface area contributed by atoms with Crippen molar-refractivity contribution >= 4 is 11.9 Å². The van der Waals surface area contributed by atoms with E-state index in [0.29, 0.717) is 6.42 Å². The fraction of sp³-hybridized carbons (Fsp3) is 0.579. The molecule has 2 N–H and O–H groups in total. The van der Waals surface area contributed by atoms with Crippen LogP contribution in [0.4, 0.5) is 4.79 Å². The predicted molar refractivity (Wildman–Crippen MR) is 93.7 cm³/mol. The van der Waals surface area contributed by atoms with Crippen LogP contribution in [0.25, 0.3) is 0 Å². The summed E-state index contributed by atoms with van der Waals surface area (Å²) in [6.07, 6.45) is 7.06. The molecule has 1 aromatic rings. The Morgan fingerprint density at radius 1 is 1.04 bits per heavy atom. The summed E-state index contributed by atoms with van der Waals surface area (Å²) in [5, 5.41) is 5.95. The van der Waals surface area contributed by atoms with Crippen molar-refractivity contribution in [2.24, 2.45) is 0 Å². The summed E-state index contributed by atoms with van der Waals surface area (Å²) in [6.45, 7) is 1.60. The molecule has 24 heavy (non-hydrogen) atoms. The Bertz CT molecular complexity index is 549. The smallest absolute Gasteiger partial charge is 0.315 e. The molecule has 2 aliphatic rings. The summed E-state index contributed by atoms with van der Waals surface area (Å²) in [4.78, 5) is 27.0. The van der Waals surface area contributed by atoms with Crippen LogP contribution in [0.5, 0.6) is 0 Å². The number of nitrogens with zero attached hydrogens (tertiary/aromatic N) is 1. The molecule has 130 valence electrons. The van der Waals surface area contributed by atoms with Gasteiger partial charge in [0.05, 0.1) is 0 Å². The van der Waals surface area contributed by atoms with Crippen LogP contribution in [0.1, 0.15) is 44.1 Å². The predicted octanol–water partition coefficient (Wildman–Crippen LogP) is 2.46. The van der Waals surface area contributed by atoms with Gasteiger partial charge in [0, 0.05) is 25.6 Å². The van der Waals surface area contributed by atoms with E-state index in [2.05, 4.69) is 10.6 Å². The van der Waals surface area contributed by atoms with Gasteiger partial charge in [0.25, 0.3) is 0 Å². The first-order valence-electron chi connectivity index (χ1n) is 9.12. The lowest BCUT2D eigenvalue weighted by Crippen LogP contribution is -2.53. The molecule has 5 heteroatoms. The maximum absolute atomic E-state index is 12.8. The first-order valence-corrected chi connectivity index (χ1v) is 9.12. The Kier molecular flexibility index (Phi) is 5.72. The first kappa shape index (κ1) is 16.8. The van der Waals surface area contributed by atoms with Gasteiger partial charge < -0.3 is 15.5 Å². The minimum atomic E-state index is -0.494. The minimum Gasteiger partial charge on any atom is -0.341 e. The van der Waals surface area contributed by atoms with Crippen LogP contribution >= 0.6 is 0 Å². The van der Waals surface area contributed by atoms with Gasteiger partial charge in [-0.2, -0.15) is 0 Å². The molecule has 1 aromatic carbocycles. The van der Waals surface area contributed by atoms with Crippen molar-refractivity contribution in [1.29, 1.82) is 0 Å². The Morgan fingerprint density at radius 2 is 1.71 bits per heavy atom. The fourth-order valence-corrected chi connectivity index (χ4v) is 3.66. The molecule has 2 fully saturated rings. The van der Waals surface area contributed by atoms with Crippen LogP contribution in [0.15, 0.2) is 30.3 Å². The number of hydrogen-bond acceptors (Lipinski definition) is 2. The van der Waals surface area contributed by atoms with Gasteiger partial charge in [-0.25, -0.2) is 4.79 Å². The van der Waals surface area contributed by atoms with Crippen molar-refractivity contribution < 1.29 is 9.59 Å². The number of benzene rings is 1. The molecule has 0 bridgehead atoms. The highest BCUT2D eigenvalue weighted by Gasteiger charge is 2.28. The summed E-state index contributed by atoms with van der Waals surface area (Å²) in [5.41, 5.74) is 1.07. The average Bonchev–Trinajstić information content (AvgIpc) is 3.28. The number of likely N-dealkylation sites (tertiary alicyclic amines) is 1. The number of nitrogens with one attached hydrogen (secondary N) is 2. The Balaban J connectivity index is 1.63. The topological polar surface area (TPSA) is 61.4 Å². The summed E-state index contributed by atoms with van der Waals surface area (Å²) >= 11 is 0. The van der Waals surface area contributed by atoms with Crippen LogP contribution in [-0.2, 0) is 11.2 Å². The highest BCUT2D eigenvalue weighted by atomic mass is 16.2. The Hall–Kier alpha value is -2.04. The lowest BCUT2D eigenvalue weighted by atomic mass is 10.0. The van der Waals surface area contributed by atoms with E-state index in [0.717, 1.165) is 44.3 Å². The molecule has 0 unspecified atom stereocenters. The van der Waals surface area contributed by atoms with Gasteiger partial charge in [-0.05, 0) is 31.2 Å². The monoisotopic (exact) mass is 329 g/mol. The molecule has 1 atom stereocenters. The van der Waals surface area contributed by atoms with Gasteiger partial charge in [-0.1, -0.05) is 43.2 Å². The highest BCUT2D eigenvalue weighted by Crippen LogP contribution is 2.17. The number of amides is 3. The van der Waals surface area contributed by atoms with Crippen molar-refractivity contribution in [3.8, 4) is 0 Å². The van der Waals surface area contributed by atoms with E-state index in [9.17, 15) is 9.59 Å².